The lowest BCUT2D eigenvalue weighted by Crippen LogP contribution is -2.54. The highest BCUT2D eigenvalue weighted by atomic mass is 19.1. The van der Waals surface area contributed by atoms with E-state index in [0.29, 0.717) is 39.3 Å². The molecule has 41 heavy (non-hydrogen) atoms. The Kier molecular flexibility index (Phi) is 8.69. The number of carbonyl (C=O) groups excluding carboxylic acids is 1. The Morgan fingerprint density at radius 1 is 1.20 bits per heavy atom. The maximum absolute atomic E-state index is 15.0. The van der Waals surface area contributed by atoms with Gasteiger partial charge in [-0.15, -0.1) is 0 Å². The van der Waals surface area contributed by atoms with Crippen molar-refractivity contribution < 1.29 is 23.8 Å². The topological polar surface area (TPSA) is 141 Å². The average molecular weight is 565 g/mol. The third-order valence-corrected chi connectivity index (χ3v) is 7.13. The molecular weight excluding hydrogens is 531 g/mol. The van der Waals surface area contributed by atoms with E-state index in [4.69, 9.17) is 9.47 Å². The first-order chi connectivity index (χ1) is 19.9. The van der Waals surface area contributed by atoms with Crippen LogP contribution in [0.25, 0.3) is 22.2 Å². The Morgan fingerprint density at radius 2 is 2.00 bits per heavy atom. The van der Waals surface area contributed by atoms with Crippen molar-refractivity contribution in [1.29, 1.82) is 0 Å². The van der Waals surface area contributed by atoms with Gasteiger partial charge in [-0.05, 0) is 13.1 Å². The number of aromatic nitrogens is 4. The first-order valence-electron chi connectivity index (χ1n) is 13.2. The van der Waals surface area contributed by atoms with E-state index in [0.717, 1.165) is 32.4 Å². The van der Waals surface area contributed by atoms with Gasteiger partial charge in [-0.2, -0.15) is 0 Å². The Hall–Kier alpha value is -4.17. The van der Waals surface area contributed by atoms with E-state index in [1.54, 1.807) is 31.5 Å². The zero-order valence-electron chi connectivity index (χ0n) is 23.1. The van der Waals surface area contributed by atoms with Crippen molar-refractivity contribution in [3.8, 4) is 17.0 Å². The standard InChI is InChI=1S/C28H33FN8O4/c1-36-7-9-37(10-8-36)23(16-40-2)27(39)34-21-6-4-5-18-19(13-31-26(18)21)25-20(29)14-32-28(35-25)33-17-11-24(41-3)22(15-38)30-12-17/h4-6,11-14,23,31,38H,7-10,15-16H2,1-3H3,(H,34,39)(H,32,33,35). The van der Waals surface area contributed by atoms with Crippen molar-refractivity contribution in [2.75, 3.05) is 64.7 Å². The molecule has 4 aromatic rings. The highest BCUT2D eigenvalue weighted by Crippen LogP contribution is 2.33. The summed E-state index contributed by atoms with van der Waals surface area (Å²) in [6.45, 7) is 3.30. The van der Waals surface area contributed by atoms with Crippen LogP contribution in [0.1, 0.15) is 5.69 Å². The molecule has 1 amide bonds. The summed E-state index contributed by atoms with van der Waals surface area (Å²) in [6.07, 6.45) is 4.25. The van der Waals surface area contributed by atoms with Crippen molar-refractivity contribution in [3.63, 3.8) is 0 Å². The number of hydrogen-bond donors (Lipinski definition) is 4. The molecule has 0 aliphatic carbocycles. The number of carbonyl (C=O) groups is 1. The molecule has 12 nitrogen and oxygen atoms in total. The van der Waals surface area contributed by atoms with Crippen LogP contribution in [0.3, 0.4) is 0 Å². The minimum absolute atomic E-state index is 0.0822. The number of rotatable bonds is 10. The van der Waals surface area contributed by atoms with E-state index in [9.17, 15) is 9.90 Å². The fourth-order valence-electron chi connectivity index (χ4n) is 4.89. The molecule has 1 aliphatic rings. The molecule has 1 fully saturated rings. The number of likely N-dealkylation sites (N-methyl/N-ethyl adjacent to an activating group) is 1. The number of amides is 1. The summed E-state index contributed by atoms with van der Waals surface area (Å²) in [6, 6.07) is 6.64. The molecule has 0 spiro atoms. The number of halogens is 1. The second kappa shape index (κ2) is 12.6. The van der Waals surface area contributed by atoms with Crippen LogP contribution in [0.2, 0.25) is 0 Å². The number of anilines is 3. The van der Waals surface area contributed by atoms with E-state index >= 15 is 4.39 Å². The van der Waals surface area contributed by atoms with Gasteiger partial charge in [0.05, 0.1) is 49.6 Å². The molecule has 1 atom stereocenters. The predicted molar refractivity (Wildman–Crippen MR) is 153 cm³/mol. The molecule has 0 radical (unpaired) electrons. The number of nitrogens with one attached hydrogen (secondary N) is 3. The third-order valence-electron chi connectivity index (χ3n) is 7.13. The van der Waals surface area contributed by atoms with Gasteiger partial charge >= 0.3 is 0 Å². The third kappa shape index (κ3) is 6.12. The Balaban J connectivity index is 1.40. The first kappa shape index (κ1) is 28.4. The second-order valence-electron chi connectivity index (χ2n) is 9.78. The Morgan fingerprint density at radius 3 is 2.73 bits per heavy atom. The summed E-state index contributed by atoms with van der Waals surface area (Å²) in [4.78, 5) is 33.6. The summed E-state index contributed by atoms with van der Waals surface area (Å²) < 4.78 is 25.7. The summed E-state index contributed by atoms with van der Waals surface area (Å²) in [7, 11) is 5.13. The van der Waals surface area contributed by atoms with Crippen molar-refractivity contribution in [3.05, 3.63) is 54.4 Å². The number of aliphatic hydroxyl groups is 1. The zero-order chi connectivity index (χ0) is 28.9. The summed E-state index contributed by atoms with van der Waals surface area (Å²) in [5.41, 5.74) is 2.70. The number of hydrogen-bond acceptors (Lipinski definition) is 10. The highest BCUT2D eigenvalue weighted by molar-refractivity contribution is 6.06. The van der Waals surface area contributed by atoms with Crippen LogP contribution in [-0.2, 0) is 16.1 Å². The number of pyridine rings is 1. The van der Waals surface area contributed by atoms with E-state index in [2.05, 4.69) is 47.4 Å². The second-order valence-corrected chi connectivity index (χ2v) is 9.78. The molecule has 0 saturated carbocycles. The summed E-state index contributed by atoms with van der Waals surface area (Å²) in [5.74, 6) is -0.231. The molecule has 1 saturated heterocycles. The Labute approximate surface area is 236 Å². The lowest BCUT2D eigenvalue weighted by Gasteiger charge is -2.36. The number of nitrogens with zero attached hydrogens (tertiary/aromatic N) is 5. The van der Waals surface area contributed by atoms with Gasteiger partial charge in [-0.1, -0.05) is 12.1 Å². The molecule has 1 aromatic carbocycles. The van der Waals surface area contributed by atoms with E-state index < -0.39 is 11.9 Å². The fraction of sp³-hybridized carbons (Fsp3) is 0.357. The highest BCUT2D eigenvalue weighted by Gasteiger charge is 2.29. The van der Waals surface area contributed by atoms with Crippen LogP contribution in [-0.4, -0.2) is 101 Å². The SMILES string of the molecule is COCC(C(=O)Nc1cccc2c(-c3nc(Nc4cnc(CO)c(OC)c4)ncc3F)c[nH]c12)N1CCN(C)CC1. The molecular formula is C28H33FN8O4. The minimum atomic E-state index is -0.604. The smallest absolute Gasteiger partial charge is 0.244 e. The summed E-state index contributed by atoms with van der Waals surface area (Å²) >= 11 is 0. The quantitative estimate of drug-likeness (QED) is 0.227. The molecule has 4 heterocycles. The number of piperazine rings is 1. The molecule has 5 rings (SSSR count). The molecule has 13 heteroatoms. The largest absolute Gasteiger partial charge is 0.495 e. The molecule has 4 N–H and O–H groups in total. The number of aromatic amines is 1. The van der Waals surface area contributed by atoms with Crippen molar-refractivity contribution in [1.82, 2.24) is 29.7 Å². The normalized spacial score (nSPS) is 15.1. The van der Waals surface area contributed by atoms with Crippen molar-refractivity contribution >= 4 is 34.1 Å². The Bertz CT molecular complexity index is 1520. The number of H-pyrrole nitrogens is 1. The van der Waals surface area contributed by atoms with E-state index in [1.165, 1.54) is 13.3 Å². The van der Waals surface area contributed by atoms with Crippen LogP contribution in [0.15, 0.2) is 42.9 Å². The maximum atomic E-state index is 15.0. The molecule has 1 aliphatic heterocycles. The zero-order valence-corrected chi connectivity index (χ0v) is 23.1. The van der Waals surface area contributed by atoms with Crippen LogP contribution >= 0.6 is 0 Å². The first-order valence-corrected chi connectivity index (χ1v) is 13.2. The maximum Gasteiger partial charge on any atom is 0.244 e. The monoisotopic (exact) mass is 564 g/mol. The summed E-state index contributed by atoms with van der Waals surface area (Å²) in [5, 5.41) is 16.1. The van der Waals surface area contributed by atoms with Crippen LogP contribution in [0.5, 0.6) is 5.75 Å². The lowest BCUT2D eigenvalue weighted by atomic mass is 10.1. The predicted octanol–water partition coefficient (Wildman–Crippen LogP) is 2.60. The lowest BCUT2D eigenvalue weighted by molar-refractivity contribution is -0.124. The van der Waals surface area contributed by atoms with Gasteiger partial charge in [0, 0.05) is 56.5 Å². The van der Waals surface area contributed by atoms with Crippen molar-refractivity contribution in [2.24, 2.45) is 0 Å². The van der Waals surface area contributed by atoms with E-state index in [1.807, 2.05) is 6.07 Å². The number of aliphatic hydroxyl groups excluding tert-OH is 1. The minimum Gasteiger partial charge on any atom is -0.495 e. The van der Waals surface area contributed by atoms with Gasteiger partial charge in [0.1, 0.15) is 23.2 Å². The molecule has 0 bridgehead atoms. The van der Waals surface area contributed by atoms with Crippen LogP contribution < -0.4 is 15.4 Å². The van der Waals surface area contributed by atoms with Gasteiger partial charge in [-0.3, -0.25) is 14.7 Å². The van der Waals surface area contributed by atoms with Gasteiger partial charge in [-0.25, -0.2) is 14.4 Å². The number of methoxy groups -OCH3 is 2. The van der Waals surface area contributed by atoms with Gasteiger partial charge in [0.15, 0.2) is 5.82 Å². The van der Waals surface area contributed by atoms with Gasteiger partial charge in [0.25, 0.3) is 0 Å². The number of fused-ring (bicyclic) bond motifs is 1. The van der Waals surface area contributed by atoms with Gasteiger partial charge in [0.2, 0.25) is 11.9 Å². The molecule has 3 aromatic heterocycles. The van der Waals surface area contributed by atoms with Gasteiger partial charge < -0.3 is 35.1 Å². The van der Waals surface area contributed by atoms with E-state index in [-0.39, 0.29) is 30.8 Å². The number of para-hydroxylation sites is 1. The molecule has 216 valence electrons. The molecule has 1 unspecified atom stereocenters. The van der Waals surface area contributed by atoms with Crippen LogP contribution in [0, 0.1) is 5.82 Å². The van der Waals surface area contributed by atoms with Crippen molar-refractivity contribution in [2.45, 2.75) is 12.6 Å². The average Bonchev–Trinajstić information content (AvgIpc) is 3.42. The van der Waals surface area contributed by atoms with Crippen LogP contribution in [0.4, 0.5) is 21.7 Å². The number of ether oxygens (including phenoxy) is 2. The number of benzene rings is 1. The fourth-order valence-corrected chi connectivity index (χ4v) is 4.89.